The van der Waals surface area contributed by atoms with Crippen LogP contribution < -0.4 is 77.5 Å². The van der Waals surface area contributed by atoms with Gasteiger partial charge in [-0.1, -0.05) is 70.7 Å². The Morgan fingerprint density at radius 1 is 0.356 bits per heavy atom. The van der Waals surface area contributed by atoms with E-state index in [1.807, 2.05) is 197 Å². The summed E-state index contributed by atoms with van der Waals surface area (Å²) in [5.41, 5.74) is 8.69. The maximum absolute atomic E-state index is 13.4. The van der Waals surface area contributed by atoms with Crippen molar-refractivity contribution in [3.63, 3.8) is 0 Å². The number of anilines is 9. The number of hydrogen-bond donors (Lipinski definition) is 4. The van der Waals surface area contributed by atoms with Crippen LogP contribution in [0.2, 0.25) is 20.1 Å². The lowest BCUT2D eigenvalue weighted by molar-refractivity contribution is 0.0718. The largest absolute Gasteiger partial charge is 0.497 e. The molecule has 0 aliphatic carbocycles. The second kappa shape index (κ2) is 44.3. The molecule has 12 heterocycles. The van der Waals surface area contributed by atoms with Gasteiger partial charge in [0.2, 0.25) is 0 Å². The van der Waals surface area contributed by atoms with Gasteiger partial charge in [-0.2, -0.15) is 0 Å². The summed E-state index contributed by atoms with van der Waals surface area (Å²) in [4.78, 5) is 101. The second-order valence-electron chi connectivity index (χ2n) is 32.6. The van der Waals surface area contributed by atoms with Crippen molar-refractivity contribution in [1.29, 1.82) is 0 Å². The van der Waals surface area contributed by atoms with E-state index in [-0.39, 0.29) is 70.8 Å². The van der Waals surface area contributed by atoms with Crippen LogP contribution in [0.25, 0.3) is 45.6 Å². The summed E-state index contributed by atoms with van der Waals surface area (Å²) in [5, 5.41) is 15.7. The number of benzene rings is 4. The van der Waals surface area contributed by atoms with E-state index in [0.717, 1.165) is 51.4 Å². The van der Waals surface area contributed by atoms with Gasteiger partial charge in [0.15, 0.2) is 0 Å². The minimum Gasteiger partial charge on any atom is -0.497 e. The first kappa shape index (κ1) is 97.3. The van der Waals surface area contributed by atoms with E-state index in [9.17, 15) is 19.2 Å². The predicted molar refractivity (Wildman–Crippen MR) is 528 cm³/mol. The van der Waals surface area contributed by atoms with E-state index in [2.05, 4.69) is 60.8 Å². The van der Waals surface area contributed by atoms with Gasteiger partial charge < -0.3 is 74.2 Å². The number of ether oxygens (including phenoxy) is 6. The van der Waals surface area contributed by atoms with Crippen LogP contribution in [0.3, 0.4) is 0 Å². The fourth-order valence-electron chi connectivity index (χ4n) is 16.7. The van der Waals surface area contributed by atoms with Gasteiger partial charge in [0, 0.05) is 179 Å². The molecule has 132 heavy (non-hydrogen) atoms. The maximum atomic E-state index is 13.4. The Labute approximate surface area is 789 Å². The lowest BCUT2D eigenvalue weighted by Crippen LogP contribution is -2.38. The molecule has 31 nitrogen and oxygen atoms in total. The van der Waals surface area contributed by atoms with E-state index in [1.54, 1.807) is 107 Å². The van der Waals surface area contributed by atoms with E-state index < -0.39 is 0 Å². The van der Waals surface area contributed by atoms with Crippen LogP contribution in [0.1, 0.15) is 56.0 Å². The Balaban J connectivity index is 0.000000150. The SMILES string of the molecule is CCO[C@H]1CN(c2ccccn2)CC1Nc1c(C)nc(-c2ccc(Cl)cc2Cl)n(C)c1=O.CCO[C@H]1CN(c2ccccn2)CC1Nc1c(C)nc(-c2ccc(N(C)C)cc2Cl)n(C)c1=O.CCO[C@H]1CN(c2ccccn2)CC1Nc1c(C)nc(-c2ccc(OC)cc2C)n(C)c1=O.CCO[C@H]1CN(c2ccccn2)CC1Nc1c(C)nc(-c2ccc(OC)cc2Cl)n(C)c1=O. The topological polar surface area (TPSA) is 311 Å². The van der Waals surface area contributed by atoms with Gasteiger partial charge in [0.25, 0.3) is 22.2 Å². The smallest absolute Gasteiger partial charge is 0.277 e. The number of nitrogens with zero attached hydrogens (tertiary/aromatic N) is 17. The summed E-state index contributed by atoms with van der Waals surface area (Å²) < 4.78 is 40.7. The van der Waals surface area contributed by atoms with Crippen LogP contribution in [-0.2, 0) is 47.1 Å². The van der Waals surface area contributed by atoms with Gasteiger partial charge in [-0.15, -0.1) is 0 Å². The zero-order valence-electron chi connectivity index (χ0n) is 77.5. The third-order valence-electron chi connectivity index (χ3n) is 23.7. The molecule has 0 bridgehead atoms. The van der Waals surface area contributed by atoms with Crippen LogP contribution in [0.5, 0.6) is 11.5 Å². The van der Waals surface area contributed by atoms with Gasteiger partial charge in [-0.05, 0) is 189 Å². The van der Waals surface area contributed by atoms with Crippen molar-refractivity contribution in [3.05, 3.63) is 260 Å². The van der Waals surface area contributed by atoms with Crippen molar-refractivity contribution < 1.29 is 28.4 Å². The van der Waals surface area contributed by atoms with Crippen molar-refractivity contribution in [1.82, 2.24) is 58.1 Å². The van der Waals surface area contributed by atoms with Gasteiger partial charge in [-0.25, -0.2) is 39.9 Å². The molecule has 35 heteroatoms. The number of aromatic nitrogens is 12. The summed E-state index contributed by atoms with van der Waals surface area (Å²) in [7, 11) is 14.0. The highest BCUT2D eigenvalue weighted by atomic mass is 35.5. The number of nitrogens with one attached hydrogen (secondary N) is 4. The van der Waals surface area contributed by atoms with Crippen LogP contribution in [0, 0.1) is 34.6 Å². The summed E-state index contributed by atoms with van der Waals surface area (Å²) in [6.07, 6.45) is 6.80. The normalized spacial score (nSPS) is 17.9. The molecular formula is C97H115Cl4N21O10. The zero-order valence-corrected chi connectivity index (χ0v) is 80.5. The van der Waals surface area contributed by atoms with Gasteiger partial charge in [0.1, 0.15) is 80.8 Å². The number of pyridine rings is 4. The molecular weight excluding hydrogens is 1760 g/mol. The molecule has 4 aliphatic heterocycles. The number of rotatable bonds is 27. The fourth-order valence-corrected chi connectivity index (χ4v) is 17.8. The summed E-state index contributed by atoms with van der Waals surface area (Å²) in [6.45, 7) is 25.1. The molecule has 0 radical (unpaired) electrons. The van der Waals surface area contributed by atoms with Crippen molar-refractivity contribution in [2.24, 2.45) is 28.2 Å². The molecule has 4 unspecified atom stereocenters. The van der Waals surface area contributed by atoms with E-state index in [4.69, 9.17) is 94.8 Å². The molecule has 696 valence electrons. The standard InChI is InChI=1S/C25H31ClN6O2.C25H31N5O3.C24H28ClN5O3.C23H25Cl2N5O2/c1-6-34-21-15-32(22-9-7-8-12-27-22)14-20(21)29-23-16(2)28-24(31(5)25(23)33)18-11-10-17(30(3)4)13-19(18)26;1-6-33-21-15-30(22-9-7-8-12-26-22)14-20(21)28-23-17(3)27-24(29(4)25(23)31)19-11-10-18(32-5)13-16(19)2;1-5-33-20-14-30(21-8-6-7-11-26-21)13-19(20)28-22-15(2)27-23(29(3)24(22)31)17-10-9-16(32-4)12-18(17)25;1-4-32-19-13-30(20-7-5-6-10-26-20)12-18(19)28-21-14(2)27-22(29(3)23(21)31)16-9-8-15(24)11-17(16)25/h7-13,20-21,29H,6,14-15H2,1-5H3;7-13,20-21,28H,6,14-15H2,1-5H3;6-12,19-20,28H,5,13-14H2,1-4H3;5-11,18-19,28H,4,12-13H2,1-3H3/t2*20?,21-;19?,20-;18?,19-/m0000/s1. The summed E-state index contributed by atoms with van der Waals surface area (Å²) in [5.74, 6) is 7.14. The average Bonchev–Trinajstić information content (AvgIpc) is 1.31. The lowest BCUT2D eigenvalue weighted by atomic mass is 10.1. The first-order valence-electron chi connectivity index (χ1n) is 43.9. The monoisotopic (exact) mass is 1870 g/mol. The van der Waals surface area contributed by atoms with Crippen molar-refractivity contribution in [2.75, 3.05) is 153 Å². The molecule has 0 saturated carbocycles. The second-order valence-corrected chi connectivity index (χ2v) is 34.3. The van der Waals surface area contributed by atoms with Crippen molar-refractivity contribution >= 4 is 98.1 Å². The molecule has 4 aliphatic rings. The zero-order chi connectivity index (χ0) is 94.3. The Morgan fingerprint density at radius 3 is 0.902 bits per heavy atom. The van der Waals surface area contributed by atoms with E-state index >= 15 is 0 Å². The Kier molecular flexibility index (Phi) is 32.7. The van der Waals surface area contributed by atoms with E-state index in [0.29, 0.717) is 185 Å². The molecule has 0 spiro atoms. The Hall–Kier alpha value is -12.2. The van der Waals surface area contributed by atoms with Crippen molar-refractivity contribution in [3.8, 4) is 57.1 Å². The lowest BCUT2D eigenvalue weighted by Gasteiger charge is -2.22. The highest BCUT2D eigenvalue weighted by molar-refractivity contribution is 6.36. The number of aryl methyl sites for hydroxylation is 5. The average molecular weight is 1880 g/mol. The molecule has 4 saturated heterocycles. The van der Waals surface area contributed by atoms with E-state index in [1.165, 1.54) is 9.13 Å². The highest BCUT2D eigenvalue weighted by Gasteiger charge is 2.40. The highest BCUT2D eigenvalue weighted by Crippen LogP contribution is 2.37. The molecule has 8 aromatic heterocycles. The van der Waals surface area contributed by atoms with Gasteiger partial charge in [0.05, 0.1) is 101 Å². The predicted octanol–water partition coefficient (Wildman–Crippen LogP) is 14.4. The molecule has 0 amide bonds. The Bertz CT molecular complexity index is 6060. The maximum Gasteiger partial charge on any atom is 0.277 e. The first-order chi connectivity index (χ1) is 63.5. The van der Waals surface area contributed by atoms with Crippen LogP contribution in [-0.4, -0.2) is 214 Å². The number of hydrogen-bond acceptors (Lipinski definition) is 27. The molecule has 16 rings (SSSR count). The first-order valence-corrected chi connectivity index (χ1v) is 45.4. The number of methoxy groups -OCH3 is 2. The molecule has 12 aromatic rings. The molecule has 4 N–H and O–H groups in total. The van der Waals surface area contributed by atoms with Crippen molar-refractivity contribution in [2.45, 2.75) is 111 Å². The third-order valence-corrected chi connectivity index (χ3v) is 24.8. The fraction of sp³-hybridized carbons (Fsp3) is 0.381. The summed E-state index contributed by atoms with van der Waals surface area (Å²) >= 11 is 25.4. The number of halogens is 4. The van der Waals surface area contributed by atoms with Gasteiger partial charge in [-0.3, -0.25) is 37.4 Å². The van der Waals surface area contributed by atoms with Gasteiger partial charge >= 0.3 is 0 Å². The minimum absolute atomic E-state index is 0.0614. The Morgan fingerprint density at radius 2 is 0.636 bits per heavy atom. The molecule has 8 atom stereocenters. The minimum atomic E-state index is -0.176. The third kappa shape index (κ3) is 22.4. The quantitative estimate of drug-likeness (QED) is 0.0372. The molecule has 4 fully saturated rings. The van der Waals surface area contributed by atoms with Crippen LogP contribution in [0.15, 0.2) is 190 Å². The van der Waals surface area contributed by atoms with Crippen LogP contribution in [0.4, 0.5) is 51.7 Å². The molecule has 4 aromatic carbocycles. The van der Waals surface area contributed by atoms with Crippen LogP contribution >= 0.6 is 46.4 Å². The summed E-state index contributed by atoms with van der Waals surface area (Å²) in [6, 6.07) is 45.0.